The summed E-state index contributed by atoms with van der Waals surface area (Å²) in [6.45, 7) is 3.07. The van der Waals surface area contributed by atoms with Crippen LogP contribution in [0.3, 0.4) is 0 Å². The van der Waals surface area contributed by atoms with Crippen LogP contribution in [0.25, 0.3) is 0 Å². The van der Waals surface area contributed by atoms with Crippen LogP contribution in [-0.4, -0.2) is 53.5 Å². The number of fused-ring (bicyclic) bond motifs is 4. The molecule has 0 saturated carbocycles. The van der Waals surface area contributed by atoms with Gasteiger partial charge in [-0.25, -0.2) is 0 Å². The first-order valence-electron chi connectivity index (χ1n) is 9.24. The van der Waals surface area contributed by atoms with E-state index in [4.69, 9.17) is 9.15 Å². The Kier molecular flexibility index (Phi) is 4.94. The van der Waals surface area contributed by atoms with Crippen LogP contribution < -0.4 is 10.2 Å². The first kappa shape index (κ1) is 17.7. The molecule has 3 aliphatic rings. The first-order valence-corrected chi connectivity index (χ1v) is 9.24. The van der Waals surface area contributed by atoms with Crippen molar-refractivity contribution in [3.8, 4) is 5.75 Å². The molecule has 7 heteroatoms. The third-order valence-electron chi connectivity index (χ3n) is 5.43. The van der Waals surface area contributed by atoms with Gasteiger partial charge < -0.3 is 14.1 Å². The molecule has 5 heterocycles. The van der Waals surface area contributed by atoms with Crippen molar-refractivity contribution >= 4 is 5.91 Å². The first-order chi connectivity index (χ1) is 13.1. The fourth-order valence-corrected chi connectivity index (χ4v) is 4.05. The Hall–Kier alpha value is -2.67. The third kappa shape index (κ3) is 3.73. The number of amides is 1. The van der Waals surface area contributed by atoms with Crippen molar-refractivity contribution in [3.63, 3.8) is 0 Å². The maximum absolute atomic E-state index is 12.9. The summed E-state index contributed by atoms with van der Waals surface area (Å²) in [5.74, 6) is 0.357. The van der Waals surface area contributed by atoms with E-state index in [0.29, 0.717) is 25.0 Å². The van der Waals surface area contributed by atoms with Gasteiger partial charge in [-0.1, -0.05) is 6.07 Å². The molecule has 0 aliphatic carbocycles. The van der Waals surface area contributed by atoms with Crippen LogP contribution in [0.1, 0.15) is 29.1 Å². The summed E-state index contributed by atoms with van der Waals surface area (Å²) < 4.78 is 10.3. The van der Waals surface area contributed by atoms with Crippen LogP contribution in [0.15, 0.2) is 45.9 Å². The zero-order chi connectivity index (χ0) is 18.8. The summed E-state index contributed by atoms with van der Waals surface area (Å²) in [5.41, 5.74) is 0.700. The Morgan fingerprint density at radius 3 is 2.93 bits per heavy atom. The Labute approximate surface area is 157 Å². The predicted octanol–water partition coefficient (Wildman–Crippen LogP) is 1.78. The fraction of sp³-hybridized carbons (Fsp3) is 0.450. The Morgan fingerprint density at radius 2 is 2.19 bits per heavy atom. The molecule has 2 aromatic heterocycles. The minimum Gasteiger partial charge on any atom is -0.490 e. The SMILES string of the molecule is COc1coc(C(=O)N2C[C@@H]3CC[C@H](C2)N(Cc2ccccn2)C3)cc1=O. The highest BCUT2D eigenvalue weighted by molar-refractivity contribution is 5.91. The lowest BCUT2D eigenvalue weighted by Crippen LogP contribution is -2.44. The van der Waals surface area contributed by atoms with Crippen molar-refractivity contribution in [2.24, 2.45) is 5.92 Å². The van der Waals surface area contributed by atoms with Gasteiger partial charge in [0.05, 0.1) is 12.8 Å². The van der Waals surface area contributed by atoms with Gasteiger partial charge in [-0.05, 0) is 30.9 Å². The summed E-state index contributed by atoms with van der Waals surface area (Å²) in [6, 6.07) is 7.47. The summed E-state index contributed by atoms with van der Waals surface area (Å²) in [5, 5.41) is 0. The predicted molar refractivity (Wildman–Crippen MR) is 98.6 cm³/mol. The van der Waals surface area contributed by atoms with Crippen molar-refractivity contribution in [1.29, 1.82) is 0 Å². The molecule has 3 aliphatic heterocycles. The standard InChI is InChI=1S/C20H23N3O4/c1-26-19-13-27-18(8-17(19)24)20(25)23-10-14-5-6-16(12-23)22(9-14)11-15-4-2-3-7-21-15/h2-4,7-8,13-14,16H,5-6,9-12H2,1H3/t14-,16-/m1/s1. The van der Waals surface area contributed by atoms with Gasteiger partial charge >= 0.3 is 0 Å². The van der Waals surface area contributed by atoms with Crippen LogP contribution in [0, 0.1) is 5.92 Å². The van der Waals surface area contributed by atoms with Crippen LogP contribution in [0.4, 0.5) is 0 Å². The summed E-state index contributed by atoms with van der Waals surface area (Å²) in [6.07, 6.45) is 5.19. The molecule has 2 aromatic rings. The van der Waals surface area contributed by atoms with E-state index in [1.165, 1.54) is 19.4 Å². The van der Waals surface area contributed by atoms with Crippen molar-refractivity contribution < 1.29 is 13.9 Å². The average Bonchev–Trinajstić information content (AvgIpc) is 3.00. The molecule has 27 heavy (non-hydrogen) atoms. The van der Waals surface area contributed by atoms with Gasteiger partial charge in [0, 0.05) is 44.5 Å². The summed E-state index contributed by atoms with van der Waals surface area (Å²) in [4.78, 5) is 33.5. The van der Waals surface area contributed by atoms with Gasteiger partial charge in [-0.15, -0.1) is 0 Å². The molecule has 0 aromatic carbocycles. The van der Waals surface area contributed by atoms with Crippen molar-refractivity contribution in [2.45, 2.75) is 25.4 Å². The largest absolute Gasteiger partial charge is 0.490 e. The van der Waals surface area contributed by atoms with E-state index in [1.807, 2.05) is 29.3 Å². The average molecular weight is 369 g/mol. The van der Waals surface area contributed by atoms with E-state index >= 15 is 0 Å². The van der Waals surface area contributed by atoms with Crippen molar-refractivity contribution in [2.75, 3.05) is 26.7 Å². The van der Waals surface area contributed by atoms with Gasteiger partial charge in [-0.2, -0.15) is 0 Å². The molecule has 5 rings (SSSR count). The molecular formula is C20H23N3O4. The monoisotopic (exact) mass is 369 g/mol. The minimum atomic E-state index is -0.346. The number of rotatable bonds is 4. The molecule has 142 valence electrons. The molecule has 2 atom stereocenters. The zero-order valence-electron chi connectivity index (χ0n) is 15.3. The quantitative estimate of drug-likeness (QED) is 0.818. The number of carbonyl (C=O) groups excluding carboxylic acids is 1. The van der Waals surface area contributed by atoms with Gasteiger partial charge in [0.15, 0.2) is 5.76 Å². The van der Waals surface area contributed by atoms with Gasteiger partial charge in [0.2, 0.25) is 11.2 Å². The van der Waals surface area contributed by atoms with Gasteiger partial charge in [0.1, 0.15) is 6.26 Å². The number of methoxy groups -OCH3 is 1. The highest BCUT2D eigenvalue weighted by atomic mass is 16.5. The van der Waals surface area contributed by atoms with Gasteiger partial charge in [-0.3, -0.25) is 19.5 Å². The number of piperidine rings is 1. The highest BCUT2D eigenvalue weighted by Crippen LogP contribution is 2.29. The molecule has 3 fully saturated rings. The van der Waals surface area contributed by atoms with E-state index < -0.39 is 0 Å². The summed E-state index contributed by atoms with van der Waals surface area (Å²) in [7, 11) is 1.40. The van der Waals surface area contributed by atoms with Crippen LogP contribution in [0.2, 0.25) is 0 Å². The van der Waals surface area contributed by atoms with E-state index in [1.54, 1.807) is 0 Å². The minimum absolute atomic E-state index is 0.0679. The smallest absolute Gasteiger partial charge is 0.289 e. The molecule has 0 N–H and O–H groups in total. The number of ether oxygens (including phenoxy) is 1. The number of hydrogen-bond donors (Lipinski definition) is 0. The molecule has 1 amide bonds. The second kappa shape index (κ2) is 7.52. The molecule has 0 radical (unpaired) electrons. The second-order valence-corrected chi connectivity index (χ2v) is 7.23. The van der Waals surface area contributed by atoms with Crippen molar-refractivity contribution in [3.05, 3.63) is 58.4 Å². The van der Waals surface area contributed by atoms with Crippen LogP contribution in [-0.2, 0) is 6.54 Å². The molecule has 0 unspecified atom stereocenters. The normalized spacial score (nSPS) is 22.5. The maximum atomic E-state index is 12.9. The number of hydrogen-bond acceptors (Lipinski definition) is 6. The lowest BCUT2D eigenvalue weighted by atomic mass is 9.95. The zero-order valence-corrected chi connectivity index (χ0v) is 15.3. The lowest BCUT2D eigenvalue weighted by Gasteiger charge is -2.35. The van der Waals surface area contributed by atoms with E-state index in [9.17, 15) is 9.59 Å². The Bertz CT molecular complexity index is 867. The lowest BCUT2D eigenvalue weighted by molar-refractivity contribution is 0.0700. The number of nitrogens with zero attached hydrogens (tertiary/aromatic N) is 3. The Morgan fingerprint density at radius 1 is 1.30 bits per heavy atom. The summed E-state index contributed by atoms with van der Waals surface area (Å²) >= 11 is 0. The molecular weight excluding hydrogens is 346 g/mol. The molecule has 3 saturated heterocycles. The number of aromatic nitrogens is 1. The highest BCUT2D eigenvalue weighted by Gasteiger charge is 2.37. The van der Waals surface area contributed by atoms with Crippen LogP contribution in [0.5, 0.6) is 5.75 Å². The van der Waals surface area contributed by atoms with E-state index in [0.717, 1.165) is 31.6 Å². The fourth-order valence-electron chi connectivity index (χ4n) is 4.05. The Balaban J connectivity index is 1.50. The van der Waals surface area contributed by atoms with Crippen LogP contribution >= 0.6 is 0 Å². The van der Waals surface area contributed by atoms with E-state index in [2.05, 4.69) is 9.88 Å². The molecule has 7 nitrogen and oxygen atoms in total. The number of pyridine rings is 1. The number of carbonyl (C=O) groups is 1. The molecule has 0 spiro atoms. The van der Waals surface area contributed by atoms with Gasteiger partial charge in [0.25, 0.3) is 5.91 Å². The molecule has 2 bridgehead atoms. The second-order valence-electron chi connectivity index (χ2n) is 7.23. The third-order valence-corrected chi connectivity index (χ3v) is 5.43. The van der Waals surface area contributed by atoms with Crippen molar-refractivity contribution in [1.82, 2.24) is 14.8 Å². The van der Waals surface area contributed by atoms with E-state index in [-0.39, 0.29) is 22.8 Å². The topological polar surface area (TPSA) is 75.9 Å². The maximum Gasteiger partial charge on any atom is 0.289 e.